The number of hydrogen-bond acceptors (Lipinski definition) is 7. The minimum absolute atomic E-state index is 0.0443. The molecule has 0 bridgehead atoms. The van der Waals surface area contributed by atoms with E-state index in [9.17, 15) is 4.21 Å². The number of nitrogens with two attached hydrogens (primary N) is 1. The molecule has 4 heterocycles. The highest BCUT2D eigenvalue weighted by Crippen LogP contribution is 2.43. The Morgan fingerprint density at radius 2 is 1.88 bits per heavy atom. The third-order valence-corrected chi connectivity index (χ3v) is 9.87. The number of benzene rings is 1. The Morgan fingerprint density at radius 1 is 1.17 bits per heavy atom. The average Bonchev–Trinajstić information content (AvgIpc) is 3.51. The van der Waals surface area contributed by atoms with E-state index in [1.165, 1.54) is 17.5 Å². The van der Waals surface area contributed by atoms with Gasteiger partial charge in [-0.2, -0.15) is 0 Å². The number of pyridine rings is 2. The minimum atomic E-state index is -1.55. The average molecular weight is 633 g/mol. The van der Waals surface area contributed by atoms with Gasteiger partial charge in [0.05, 0.1) is 51.5 Å². The summed E-state index contributed by atoms with van der Waals surface area (Å²) >= 11 is 7.86. The van der Waals surface area contributed by atoms with E-state index in [4.69, 9.17) is 26.8 Å². The van der Waals surface area contributed by atoms with Gasteiger partial charge in [0.15, 0.2) is 11.6 Å². The smallest absolute Gasteiger partial charge is 0.164 e. The molecular formula is C31H38ClFN4O3S2. The molecule has 0 spiro atoms. The Kier molecular flexibility index (Phi) is 9.47. The molecule has 3 atom stereocenters. The van der Waals surface area contributed by atoms with E-state index in [0.29, 0.717) is 11.5 Å². The summed E-state index contributed by atoms with van der Waals surface area (Å²) in [4.78, 5) is 9.46. The number of anilines is 1. The molecule has 0 amide bonds. The monoisotopic (exact) mass is 632 g/mol. The molecule has 3 unspecified atom stereocenters. The highest BCUT2D eigenvalue weighted by molar-refractivity contribution is 7.84. The van der Waals surface area contributed by atoms with Gasteiger partial charge in [0.2, 0.25) is 0 Å². The van der Waals surface area contributed by atoms with Crippen LogP contribution in [-0.2, 0) is 26.1 Å². The van der Waals surface area contributed by atoms with Crippen molar-refractivity contribution in [3.63, 3.8) is 0 Å². The number of ether oxygens (including phenoxy) is 2. The van der Waals surface area contributed by atoms with Gasteiger partial charge in [0.1, 0.15) is 10.8 Å². The van der Waals surface area contributed by atoms with Gasteiger partial charge in [-0.15, -0.1) is 11.3 Å². The van der Waals surface area contributed by atoms with E-state index in [1.807, 2.05) is 91.8 Å². The standard InChI is InChI=1S/C29H32ClFN4O3S2.C2H6/c1-27(2,3)40(36)35-24(22-23(31)19(32)14-34-26(22)30)21-12-16-8-7-9-18(25(16)39-21)20-13-17(10-11-33-20)29(6)15-37-28(4,5)38-29;1-2/h7-14,24,35H,15,32H2,1-6H3;1-2H3. The Morgan fingerprint density at radius 3 is 2.52 bits per heavy atom. The van der Waals surface area contributed by atoms with Crippen LogP contribution in [0.3, 0.4) is 0 Å². The lowest BCUT2D eigenvalue weighted by Gasteiger charge is -2.25. The molecule has 42 heavy (non-hydrogen) atoms. The molecule has 5 rings (SSSR count). The number of thiophene rings is 1. The second-order valence-corrected chi connectivity index (χ2v) is 14.9. The lowest BCUT2D eigenvalue weighted by atomic mass is 9.96. The normalized spacial score (nSPS) is 19.8. The molecule has 0 aliphatic carbocycles. The van der Waals surface area contributed by atoms with Crippen LogP contribution < -0.4 is 10.5 Å². The Hall–Kier alpha value is -2.47. The molecule has 7 nitrogen and oxygen atoms in total. The zero-order valence-corrected chi connectivity index (χ0v) is 27.6. The first-order valence-corrected chi connectivity index (χ1v) is 16.1. The highest BCUT2D eigenvalue weighted by Gasteiger charge is 2.43. The maximum absolute atomic E-state index is 15.4. The molecule has 0 radical (unpaired) electrons. The predicted octanol–water partition coefficient (Wildman–Crippen LogP) is 7.90. The summed E-state index contributed by atoms with van der Waals surface area (Å²) in [5, 5.41) is 0.885. The predicted molar refractivity (Wildman–Crippen MR) is 171 cm³/mol. The van der Waals surface area contributed by atoms with Gasteiger partial charge in [0.25, 0.3) is 0 Å². The molecule has 3 aromatic heterocycles. The Labute approximate surface area is 258 Å². The van der Waals surface area contributed by atoms with Crippen LogP contribution in [0.2, 0.25) is 5.15 Å². The second-order valence-electron chi connectivity index (χ2n) is 11.5. The van der Waals surface area contributed by atoms with Gasteiger partial charge in [-0.3, -0.25) is 4.98 Å². The first-order valence-electron chi connectivity index (χ1n) is 13.8. The Bertz CT molecular complexity index is 1620. The molecule has 4 aromatic rings. The molecule has 3 N–H and O–H groups in total. The summed E-state index contributed by atoms with van der Waals surface area (Å²) in [5.41, 5.74) is 7.81. The maximum Gasteiger partial charge on any atom is 0.164 e. The van der Waals surface area contributed by atoms with E-state index >= 15 is 4.39 Å². The molecule has 1 aromatic carbocycles. The first-order chi connectivity index (χ1) is 19.7. The van der Waals surface area contributed by atoms with E-state index in [2.05, 4.69) is 14.7 Å². The molecule has 1 fully saturated rings. The third-order valence-electron chi connectivity index (χ3n) is 6.76. The van der Waals surface area contributed by atoms with Crippen LogP contribution in [0, 0.1) is 5.82 Å². The van der Waals surface area contributed by atoms with E-state index in [1.54, 1.807) is 6.20 Å². The summed E-state index contributed by atoms with van der Waals surface area (Å²) in [6.45, 7) is 15.7. The number of nitrogen functional groups attached to an aromatic ring is 1. The van der Waals surface area contributed by atoms with Crippen molar-refractivity contribution in [1.82, 2.24) is 14.7 Å². The lowest BCUT2D eigenvalue weighted by Crippen LogP contribution is -2.36. The van der Waals surface area contributed by atoms with Gasteiger partial charge in [-0.25, -0.2) is 18.3 Å². The van der Waals surface area contributed by atoms with Crippen molar-refractivity contribution in [2.45, 2.75) is 77.6 Å². The summed E-state index contributed by atoms with van der Waals surface area (Å²) in [6.07, 6.45) is 2.95. The fourth-order valence-corrected chi connectivity index (χ4v) is 7.05. The van der Waals surface area contributed by atoms with Crippen molar-refractivity contribution in [2.24, 2.45) is 0 Å². The van der Waals surface area contributed by atoms with Crippen LogP contribution in [0.15, 0.2) is 48.8 Å². The highest BCUT2D eigenvalue weighted by atomic mass is 35.5. The van der Waals surface area contributed by atoms with Gasteiger partial charge >= 0.3 is 0 Å². The molecule has 1 saturated heterocycles. The van der Waals surface area contributed by atoms with Gasteiger partial charge < -0.3 is 15.2 Å². The molecule has 1 aliphatic rings. The second kappa shape index (κ2) is 12.3. The summed E-state index contributed by atoms with van der Waals surface area (Å²) < 4.78 is 44.1. The van der Waals surface area contributed by atoms with Crippen molar-refractivity contribution in [3.05, 3.63) is 75.8 Å². The third kappa shape index (κ3) is 6.54. The minimum Gasteiger partial charge on any atom is -0.395 e. The zero-order valence-electron chi connectivity index (χ0n) is 25.2. The number of halogens is 2. The zero-order chi connectivity index (χ0) is 31.0. The summed E-state index contributed by atoms with van der Waals surface area (Å²) in [7, 11) is -1.55. The van der Waals surface area contributed by atoms with E-state index in [0.717, 1.165) is 26.9 Å². The number of rotatable bonds is 6. The first kappa shape index (κ1) is 32.4. The quantitative estimate of drug-likeness (QED) is 0.210. The molecule has 1 aliphatic heterocycles. The summed E-state index contributed by atoms with van der Waals surface area (Å²) in [6, 6.07) is 11.0. The summed E-state index contributed by atoms with van der Waals surface area (Å²) in [5.74, 6) is -1.37. The largest absolute Gasteiger partial charge is 0.395 e. The van der Waals surface area contributed by atoms with Crippen LogP contribution in [0.5, 0.6) is 0 Å². The Balaban J connectivity index is 0.00000198. The number of hydrogen-bond donors (Lipinski definition) is 2. The van der Waals surface area contributed by atoms with Crippen LogP contribution in [0.25, 0.3) is 21.3 Å². The van der Waals surface area contributed by atoms with Crippen LogP contribution in [-0.4, -0.2) is 31.3 Å². The lowest BCUT2D eigenvalue weighted by molar-refractivity contribution is -0.159. The molecule has 226 valence electrons. The topological polar surface area (TPSA) is 99.4 Å². The SMILES string of the molecule is CC.CC1(C)OCC(C)(c2ccnc(-c3cccc4cc(C(NS(=O)C(C)(C)C)c5c(Cl)ncc(N)c5F)sc34)c2)O1. The van der Waals surface area contributed by atoms with Gasteiger partial charge in [0, 0.05) is 21.3 Å². The maximum atomic E-state index is 15.4. The van der Waals surface area contributed by atoms with Crippen LogP contribution in [0.1, 0.15) is 77.4 Å². The fraction of sp³-hybridized carbons (Fsp3) is 0.419. The number of nitrogens with one attached hydrogen (secondary N) is 1. The van der Waals surface area contributed by atoms with Crippen molar-refractivity contribution >= 4 is 49.7 Å². The van der Waals surface area contributed by atoms with Crippen molar-refractivity contribution in [3.8, 4) is 11.3 Å². The van der Waals surface area contributed by atoms with Crippen LogP contribution in [0.4, 0.5) is 10.1 Å². The van der Waals surface area contributed by atoms with Crippen molar-refractivity contribution < 1.29 is 18.1 Å². The molecule has 11 heteroatoms. The van der Waals surface area contributed by atoms with Crippen molar-refractivity contribution in [2.75, 3.05) is 12.3 Å². The fourth-order valence-electron chi connectivity index (χ4n) is 4.68. The van der Waals surface area contributed by atoms with Crippen LogP contribution >= 0.6 is 22.9 Å². The number of nitrogens with zero attached hydrogens (tertiary/aromatic N) is 2. The van der Waals surface area contributed by atoms with E-state index < -0.39 is 39.0 Å². The number of fused-ring (bicyclic) bond motifs is 1. The van der Waals surface area contributed by atoms with Gasteiger partial charge in [-0.1, -0.05) is 43.6 Å². The molecule has 0 saturated carbocycles. The number of aromatic nitrogens is 2. The van der Waals surface area contributed by atoms with E-state index in [-0.39, 0.29) is 16.4 Å². The van der Waals surface area contributed by atoms with Gasteiger partial charge in [-0.05, 0) is 70.7 Å². The molecular weight excluding hydrogens is 595 g/mol. The van der Waals surface area contributed by atoms with Crippen molar-refractivity contribution in [1.29, 1.82) is 0 Å².